The Labute approximate surface area is 115 Å². The third-order valence-corrected chi connectivity index (χ3v) is 3.00. The van der Waals surface area contributed by atoms with Crippen molar-refractivity contribution in [3.8, 4) is 11.6 Å². The van der Waals surface area contributed by atoms with Crippen LogP contribution in [0.15, 0.2) is 48.5 Å². The van der Waals surface area contributed by atoms with E-state index in [1.165, 1.54) is 0 Å². The summed E-state index contributed by atoms with van der Waals surface area (Å²) in [5.41, 5.74) is 1.84. The lowest BCUT2D eigenvalue weighted by molar-refractivity contribution is 0.468. The number of hydrogen-bond donors (Lipinski definition) is 0. The van der Waals surface area contributed by atoms with Crippen LogP contribution >= 0.6 is 11.6 Å². The summed E-state index contributed by atoms with van der Waals surface area (Å²) in [6, 6.07) is 15.3. The van der Waals surface area contributed by atoms with Crippen molar-refractivity contribution in [1.82, 2.24) is 9.97 Å². The Balaban J connectivity index is 2.17. The summed E-state index contributed by atoms with van der Waals surface area (Å²) in [7, 11) is 0. The molecular weight excluding hydrogens is 260 g/mol. The molecule has 1 aromatic heterocycles. The van der Waals surface area contributed by atoms with Gasteiger partial charge in [-0.15, -0.1) is 0 Å². The lowest BCUT2D eigenvalue weighted by atomic mass is 10.1. The standard InChI is InChI=1S/C15H11ClN2O/c1-10-6-5-9-12-13(10)14(18-15(16)17-12)19-11-7-3-2-4-8-11/h2-9H,1H3. The Hall–Kier alpha value is -2.13. The van der Waals surface area contributed by atoms with Crippen LogP contribution in [0, 0.1) is 6.92 Å². The molecule has 0 N–H and O–H groups in total. The maximum absolute atomic E-state index is 5.94. The SMILES string of the molecule is Cc1cccc2nc(Cl)nc(Oc3ccccc3)c12. The second-order valence-electron chi connectivity index (χ2n) is 4.18. The fourth-order valence-corrected chi connectivity index (χ4v) is 2.13. The Kier molecular flexibility index (Phi) is 3.05. The molecule has 0 atom stereocenters. The topological polar surface area (TPSA) is 35.0 Å². The molecule has 0 aliphatic carbocycles. The van der Waals surface area contributed by atoms with Crippen LogP contribution in [0.4, 0.5) is 0 Å². The van der Waals surface area contributed by atoms with Gasteiger partial charge >= 0.3 is 0 Å². The zero-order chi connectivity index (χ0) is 13.2. The molecular formula is C15H11ClN2O. The number of halogens is 1. The molecule has 0 bridgehead atoms. The van der Waals surface area contributed by atoms with Crippen molar-refractivity contribution in [3.05, 3.63) is 59.4 Å². The number of para-hydroxylation sites is 1. The first-order valence-electron chi connectivity index (χ1n) is 5.90. The first kappa shape index (κ1) is 11.9. The van der Waals surface area contributed by atoms with Gasteiger partial charge in [-0.3, -0.25) is 0 Å². The highest BCUT2D eigenvalue weighted by molar-refractivity contribution is 6.28. The average Bonchev–Trinajstić information content (AvgIpc) is 2.39. The van der Waals surface area contributed by atoms with Gasteiger partial charge in [-0.2, -0.15) is 4.98 Å². The van der Waals surface area contributed by atoms with Crippen LogP contribution in [0.5, 0.6) is 11.6 Å². The number of nitrogens with zero attached hydrogens (tertiary/aromatic N) is 2. The molecule has 0 radical (unpaired) electrons. The van der Waals surface area contributed by atoms with Crippen LogP contribution < -0.4 is 4.74 Å². The number of rotatable bonds is 2. The number of benzene rings is 2. The van der Waals surface area contributed by atoms with Gasteiger partial charge in [0.05, 0.1) is 10.9 Å². The Morgan fingerprint density at radius 2 is 1.74 bits per heavy atom. The molecule has 94 valence electrons. The predicted octanol–water partition coefficient (Wildman–Crippen LogP) is 4.38. The van der Waals surface area contributed by atoms with Crippen LogP contribution in [0.2, 0.25) is 5.28 Å². The van der Waals surface area contributed by atoms with Gasteiger partial charge in [-0.1, -0.05) is 30.3 Å². The average molecular weight is 271 g/mol. The maximum atomic E-state index is 5.94. The summed E-state index contributed by atoms with van der Waals surface area (Å²) >= 11 is 5.94. The smallest absolute Gasteiger partial charge is 0.231 e. The minimum atomic E-state index is 0.184. The van der Waals surface area contributed by atoms with E-state index in [1.54, 1.807) is 0 Å². The van der Waals surface area contributed by atoms with Gasteiger partial charge in [0.1, 0.15) is 5.75 Å². The molecule has 0 unspecified atom stereocenters. The number of fused-ring (bicyclic) bond motifs is 1. The van der Waals surface area contributed by atoms with Crippen molar-refractivity contribution in [1.29, 1.82) is 0 Å². The first-order chi connectivity index (χ1) is 9.24. The zero-order valence-corrected chi connectivity index (χ0v) is 11.1. The van der Waals surface area contributed by atoms with E-state index in [0.717, 1.165) is 22.2 Å². The number of aromatic nitrogens is 2. The molecule has 0 saturated carbocycles. The zero-order valence-electron chi connectivity index (χ0n) is 10.3. The fourth-order valence-electron chi connectivity index (χ4n) is 1.96. The molecule has 3 nitrogen and oxygen atoms in total. The highest BCUT2D eigenvalue weighted by atomic mass is 35.5. The van der Waals surface area contributed by atoms with Crippen molar-refractivity contribution < 1.29 is 4.74 Å². The molecule has 0 aliphatic heterocycles. The van der Waals surface area contributed by atoms with Crippen molar-refractivity contribution >= 4 is 22.5 Å². The van der Waals surface area contributed by atoms with Gasteiger partial charge in [0.15, 0.2) is 0 Å². The fraction of sp³-hybridized carbons (Fsp3) is 0.0667. The molecule has 0 spiro atoms. The Morgan fingerprint density at radius 1 is 0.947 bits per heavy atom. The minimum absolute atomic E-state index is 0.184. The molecule has 4 heteroatoms. The molecule has 19 heavy (non-hydrogen) atoms. The van der Waals surface area contributed by atoms with Gasteiger partial charge in [0.25, 0.3) is 0 Å². The van der Waals surface area contributed by atoms with Crippen molar-refractivity contribution in [2.24, 2.45) is 0 Å². The second-order valence-corrected chi connectivity index (χ2v) is 4.52. The highest BCUT2D eigenvalue weighted by Crippen LogP contribution is 2.30. The lowest BCUT2D eigenvalue weighted by Crippen LogP contribution is -1.94. The van der Waals surface area contributed by atoms with E-state index in [4.69, 9.17) is 16.3 Å². The largest absolute Gasteiger partial charge is 0.438 e. The van der Waals surface area contributed by atoms with E-state index >= 15 is 0 Å². The third-order valence-electron chi connectivity index (χ3n) is 2.83. The predicted molar refractivity (Wildman–Crippen MR) is 75.8 cm³/mol. The lowest BCUT2D eigenvalue weighted by Gasteiger charge is -2.09. The maximum Gasteiger partial charge on any atom is 0.231 e. The van der Waals surface area contributed by atoms with Crippen LogP contribution in [0.3, 0.4) is 0 Å². The van der Waals surface area contributed by atoms with Gasteiger partial charge in [-0.05, 0) is 42.3 Å². The Bertz CT molecular complexity index is 729. The van der Waals surface area contributed by atoms with E-state index in [2.05, 4.69) is 9.97 Å². The summed E-state index contributed by atoms with van der Waals surface area (Å²) in [4.78, 5) is 8.40. The van der Waals surface area contributed by atoms with Crippen molar-refractivity contribution in [2.75, 3.05) is 0 Å². The molecule has 2 aromatic carbocycles. The van der Waals surface area contributed by atoms with Crippen LogP contribution in [-0.2, 0) is 0 Å². The van der Waals surface area contributed by atoms with Crippen LogP contribution in [0.25, 0.3) is 10.9 Å². The molecule has 3 aromatic rings. The van der Waals surface area contributed by atoms with Crippen LogP contribution in [-0.4, -0.2) is 9.97 Å². The highest BCUT2D eigenvalue weighted by Gasteiger charge is 2.10. The Morgan fingerprint density at radius 3 is 2.53 bits per heavy atom. The monoisotopic (exact) mass is 270 g/mol. The second kappa shape index (κ2) is 4.86. The van der Waals surface area contributed by atoms with E-state index in [0.29, 0.717) is 5.88 Å². The quantitative estimate of drug-likeness (QED) is 0.648. The molecule has 3 rings (SSSR count). The van der Waals surface area contributed by atoms with E-state index in [1.807, 2.05) is 55.5 Å². The molecule has 0 fully saturated rings. The summed E-state index contributed by atoms with van der Waals surface area (Å²) in [5, 5.41) is 1.07. The van der Waals surface area contributed by atoms with E-state index in [9.17, 15) is 0 Å². The van der Waals surface area contributed by atoms with E-state index in [-0.39, 0.29) is 5.28 Å². The number of ether oxygens (including phenoxy) is 1. The van der Waals surface area contributed by atoms with E-state index < -0.39 is 0 Å². The van der Waals surface area contributed by atoms with Crippen molar-refractivity contribution in [3.63, 3.8) is 0 Å². The number of aryl methyl sites for hydroxylation is 1. The van der Waals surface area contributed by atoms with Crippen molar-refractivity contribution in [2.45, 2.75) is 6.92 Å². The van der Waals surface area contributed by atoms with Gasteiger partial charge in [0.2, 0.25) is 11.2 Å². The molecule has 0 aliphatic rings. The first-order valence-corrected chi connectivity index (χ1v) is 6.27. The summed E-state index contributed by atoms with van der Waals surface area (Å²) in [6.45, 7) is 2.00. The molecule has 0 saturated heterocycles. The summed E-state index contributed by atoms with van der Waals surface area (Å²) < 4.78 is 5.82. The minimum Gasteiger partial charge on any atom is -0.438 e. The summed E-state index contributed by atoms with van der Waals surface area (Å²) in [6.07, 6.45) is 0. The van der Waals surface area contributed by atoms with Gasteiger partial charge in [-0.25, -0.2) is 4.98 Å². The normalized spacial score (nSPS) is 10.6. The van der Waals surface area contributed by atoms with Gasteiger partial charge < -0.3 is 4.74 Å². The summed E-state index contributed by atoms with van der Waals surface area (Å²) in [5.74, 6) is 1.21. The molecule has 0 amide bonds. The third kappa shape index (κ3) is 2.37. The molecule has 1 heterocycles. The number of hydrogen-bond acceptors (Lipinski definition) is 3. The van der Waals surface area contributed by atoms with Crippen LogP contribution in [0.1, 0.15) is 5.56 Å². The van der Waals surface area contributed by atoms with Gasteiger partial charge in [0, 0.05) is 0 Å².